The van der Waals surface area contributed by atoms with Crippen LogP contribution in [0.4, 0.5) is 25.7 Å². The maximum absolute atomic E-state index is 13.5. The Morgan fingerprint density at radius 2 is 1.91 bits per heavy atom. The van der Waals surface area contributed by atoms with E-state index in [9.17, 15) is 19.6 Å². The van der Waals surface area contributed by atoms with Crippen molar-refractivity contribution in [1.29, 1.82) is 5.26 Å². The van der Waals surface area contributed by atoms with Crippen LogP contribution >= 0.6 is 11.3 Å². The summed E-state index contributed by atoms with van der Waals surface area (Å²) in [6, 6.07) is 12.7. The third kappa shape index (κ3) is 4.77. The third-order valence-corrected chi connectivity index (χ3v) is 10.1. The number of rotatable bonds is 5. The number of hydrogen-bond acceptors (Lipinski definition) is 8. The van der Waals surface area contributed by atoms with Crippen LogP contribution in [0.3, 0.4) is 0 Å². The molecule has 43 heavy (non-hydrogen) atoms. The zero-order chi connectivity index (χ0) is 29.9. The number of thiazole rings is 1. The highest BCUT2D eigenvalue weighted by atomic mass is 32.1. The first kappa shape index (κ1) is 27.6. The molecule has 10 nitrogen and oxygen atoms in total. The molecule has 0 atom stereocenters. The lowest BCUT2D eigenvalue weighted by molar-refractivity contribution is -0.0311. The van der Waals surface area contributed by atoms with Crippen LogP contribution in [0.2, 0.25) is 0 Å². The first-order valence-electron chi connectivity index (χ1n) is 14.7. The molecule has 0 bridgehead atoms. The van der Waals surface area contributed by atoms with Crippen LogP contribution in [0, 0.1) is 22.6 Å². The summed E-state index contributed by atoms with van der Waals surface area (Å²) in [6.07, 6.45) is 4.41. The number of aryl methyl sites for hydroxylation is 1. The Morgan fingerprint density at radius 3 is 2.56 bits per heavy atom. The van der Waals surface area contributed by atoms with Crippen LogP contribution in [0.15, 0.2) is 42.6 Å². The van der Waals surface area contributed by atoms with Gasteiger partial charge in [0.05, 0.1) is 36.1 Å². The molecule has 3 aromatic heterocycles. The highest BCUT2D eigenvalue weighted by molar-refractivity contribution is 7.16. The number of β-amino-alcohol motifs (C(OH)–C–C–N with tert-alkyl or cyclic N) is 1. The van der Waals surface area contributed by atoms with Crippen molar-refractivity contribution >= 4 is 39.4 Å². The molecule has 3 saturated heterocycles. The average Bonchev–Trinajstić information content (AvgIpc) is 3.59. The second-order valence-electron chi connectivity index (χ2n) is 11.9. The topological polar surface area (TPSA) is 104 Å². The van der Waals surface area contributed by atoms with Crippen molar-refractivity contribution in [3.05, 3.63) is 59.0 Å². The molecular formula is C31H33FN8O2S. The Balaban J connectivity index is 1.11. The number of carbonyl (C=O) groups is 1. The summed E-state index contributed by atoms with van der Waals surface area (Å²) in [4.78, 5) is 26.0. The summed E-state index contributed by atoms with van der Waals surface area (Å²) in [7, 11) is 1.95. The number of benzene rings is 1. The summed E-state index contributed by atoms with van der Waals surface area (Å²) in [5.74, 6) is -0.332. The van der Waals surface area contributed by atoms with Gasteiger partial charge >= 0.3 is 6.03 Å². The number of hydrogen-bond donors (Lipinski definition) is 1. The zero-order valence-electron chi connectivity index (χ0n) is 24.2. The number of nitriles is 1. The van der Waals surface area contributed by atoms with Crippen LogP contribution in [0.5, 0.6) is 0 Å². The molecule has 6 heterocycles. The van der Waals surface area contributed by atoms with E-state index in [-0.39, 0.29) is 23.4 Å². The highest BCUT2D eigenvalue weighted by Crippen LogP contribution is 2.43. The molecule has 3 aliphatic rings. The Hall–Kier alpha value is -4.21. The van der Waals surface area contributed by atoms with Gasteiger partial charge in [-0.3, -0.25) is 0 Å². The van der Waals surface area contributed by atoms with Crippen molar-refractivity contribution < 1.29 is 14.3 Å². The fourth-order valence-electron chi connectivity index (χ4n) is 6.56. The number of amides is 2. The largest absolute Gasteiger partial charge is 0.389 e. The van der Waals surface area contributed by atoms with E-state index in [1.165, 1.54) is 23.5 Å². The standard InChI is InChI=1S/C31H33FN8O2S/c1-3-24-28(36(2)29-34-27(26(15-33)43-29)20-4-6-21(32)7-5-20)25-14-22(8-11-40(25)35-24)37-12-9-31(10-13-37)18-39(19-31)30(42)38-16-23(41)17-38/h4-8,11,14,23,41H,3,9-10,12-13,16-19H2,1-2H3. The number of urea groups is 1. The second kappa shape index (κ2) is 10.5. The third-order valence-electron chi connectivity index (χ3n) is 9.10. The number of aliphatic hydroxyl groups excluding tert-OH is 1. The van der Waals surface area contributed by atoms with Gasteiger partial charge in [-0.15, -0.1) is 0 Å². The minimum Gasteiger partial charge on any atom is -0.389 e. The molecule has 0 aliphatic carbocycles. The summed E-state index contributed by atoms with van der Waals surface area (Å²) in [5, 5.41) is 24.9. The number of aromatic nitrogens is 3. The number of carbonyl (C=O) groups excluding carboxylic acids is 1. The minimum atomic E-state index is -0.375. The van der Waals surface area contributed by atoms with Gasteiger partial charge in [0.1, 0.15) is 22.5 Å². The first-order valence-corrected chi connectivity index (χ1v) is 15.5. The van der Waals surface area contributed by atoms with Crippen molar-refractivity contribution in [3.8, 4) is 17.3 Å². The molecule has 2 amide bonds. The Morgan fingerprint density at radius 1 is 1.19 bits per heavy atom. The lowest BCUT2D eigenvalue weighted by Gasteiger charge is -2.55. The monoisotopic (exact) mass is 600 g/mol. The van der Waals surface area contributed by atoms with Gasteiger partial charge in [-0.1, -0.05) is 18.3 Å². The molecule has 7 rings (SSSR count). The van der Waals surface area contributed by atoms with E-state index in [0.717, 1.165) is 68.0 Å². The zero-order valence-corrected chi connectivity index (χ0v) is 25.0. The molecule has 1 aromatic carbocycles. The van der Waals surface area contributed by atoms with Gasteiger partial charge in [0, 0.05) is 56.1 Å². The molecule has 3 fully saturated rings. The fraction of sp³-hybridized carbons (Fsp3) is 0.419. The van der Waals surface area contributed by atoms with Gasteiger partial charge in [-0.05, 0) is 55.7 Å². The molecule has 222 valence electrons. The van der Waals surface area contributed by atoms with Crippen molar-refractivity contribution in [2.24, 2.45) is 5.41 Å². The predicted molar refractivity (Wildman–Crippen MR) is 163 cm³/mol. The molecule has 0 unspecified atom stereocenters. The van der Waals surface area contributed by atoms with E-state index in [0.29, 0.717) is 34.4 Å². The molecule has 12 heteroatoms. The summed E-state index contributed by atoms with van der Waals surface area (Å²) in [6.45, 7) is 6.39. The average molecular weight is 601 g/mol. The Bertz CT molecular complexity index is 1720. The highest BCUT2D eigenvalue weighted by Gasteiger charge is 2.48. The van der Waals surface area contributed by atoms with Crippen LogP contribution in [0.1, 0.15) is 30.3 Å². The number of fused-ring (bicyclic) bond motifs is 1. The van der Waals surface area contributed by atoms with Gasteiger partial charge in [0.15, 0.2) is 5.13 Å². The van der Waals surface area contributed by atoms with Crippen LogP contribution in [-0.2, 0) is 6.42 Å². The van der Waals surface area contributed by atoms with Crippen molar-refractivity contribution in [2.75, 3.05) is 56.1 Å². The molecule has 0 saturated carbocycles. The van der Waals surface area contributed by atoms with Gasteiger partial charge in [-0.2, -0.15) is 10.4 Å². The minimum absolute atomic E-state index is 0.0554. The van der Waals surface area contributed by atoms with Gasteiger partial charge in [-0.25, -0.2) is 18.7 Å². The molecule has 1 N–H and O–H groups in total. The quantitative estimate of drug-likeness (QED) is 0.360. The van der Waals surface area contributed by atoms with Crippen LogP contribution in [-0.4, -0.2) is 88.0 Å². The molecular weight excluding hydrogens is 567 g/mol. The number of pyridine rings is 1. The lowest BCUT2D eigenvalue weighted by Crippen LogP contribution is -2.67. The lowest BCUT2D eigenvalue weighted by atomic mass is 9.72. The molecule has 4 aromatic rings. The Labute approximate surface area is 253 Å². The number of anilines is 3. The van der Waals surface area contributed by atoms with Gasteiger partial charge in [0.2, 0.25) is 0 Å². The summed E-state index contributed by atoms with van der Waals surface area (Å²) in [5.41, 5.74) is 5.41. The number of piperidine rings is 1. The van der Waals surface area contributed by atoms with Crippen molar-refractivity contribution in [2.45, 2.75) is 32.3 Å². The molecule has 0 radical (unpaired) electrons. The van der Waals surface area contributed by atoms with E-state index in [1.807, 2.05) is 27.6 Å². The van der Waals surface area contributed by atoms with E-state index in [4.69, 9.17) is 10.1 Å². The normalized spacial score (nSPS) is 18.1. The van der Waals surface area contributed by atoms with Gasteiger partial charge < -0.3 is 24.7 Å². The van der Waals surface area contributed by atoms with Gasteiger partial charge in [0.25, 0.3) is 0 Å². The van der Waals surface area contributed by atoms with Crippen LogP contribution < -0.4 is 9.80 Å². The summed E-state index contributed by atoms with van der Waals surface area (Å²) < 4.78 is 15.4. The van der Waals surface area contributed by atoms with Crippen LogP contribution in [0.25, 0.3) is 16.8 Å². The van der Waals surface area contributed by atoms with E-state index < -0.39 is 0 Å². The predicted octanol–water partition coefficient (Wildman–Crippen LogP) is 4.50. The molecule has 1 spiro atoms. The smallest absolute Gasteiger partial charge is 0.320 e. The fourth-order valence-corrected chi connectivity index (χ4v) is 7.42. The van der Waals surface area contributed by atoms with Crippen molar-refractivity contribution in [3.63, 3.8) is 0 Å². The van der Waals surface area contributed by atoms with E-state index in [2.05, 4.69) is 30.0 Å². The number of nitrogens with zero attached hydrogens (tertiary/aromatic N) is 8. The number of halogens is 1. The number of likely N-dealkylation sites (tertiary alicyclic amines) is 2. The maximum atomic E-state index is 13.5. The SMILES string of the molecule is CCc1nn2ccc(N3CCC4(CC3)CN(C(=O)N3CC(O)C3)C4)cc2c1N(C)c1nc(-c2ccc(F)cc2)c(C#N)s1. The second-order valence-corrected chi connectivity index (χ2v) is 12.9. The van der Waals surface area contributed by atoms with Crippen molar-refractivity contribution in [1.82, 2.24) is 24.4 Å². The maximum Gasteiger partial charge on any atom is 0.320 e. The first-order chi connectivity index (χ1) is 20.8. The Kier molecular flexibility index (Phi) is 6.74. The van der Waals surface area contributed by atoms with E-state index >= 15 is 0 Å². The number of aliphatic hydroxyl groups is 1. The van der Waals surface area contributed by atoms with E-state index in [1.54, 1.807) is 17.0 Å². The summed E-state index contributed by atoms with van der Waals surface area (Å²) >= 11 is 1.31. The molecule has 3 aliphatic heterocycles.